The van der Waals surface area contributed by atoms with Gasteiger partial charge >= 0.3 is 5.97 Å². The van der Waals surface area contributed by atoms with Crippen molar-refractivity contribution in [2.75, 3.05) is 0 Å². The first-order chi connectivity index (χ1) is 11.7. The van der Waals surface area contributed by atoms with Gasteiger partial charge in [0, 0.05) is 6.42 Å². The fraction of sp³-hybridized carbons (Fsp3) is 0.682. The van der Waals surface area contributed by atoms with Gasteiger partial charge in [-0.2, -0.15) is 0 Å². The van der Waals surface area contributed by atoms with Crippen LogP contribution in [0.2, 0.25) is 0 Å². The molecule has 0 radical (unpaired) electrons. The van der Waals surface area contributed by atoms with Gasteiger partial charge in [0.25, 0.3) is 0 Å². The van der Waals surface area contributed by atoms with Crippen LogP contribution in [-0.4, -0.2) is 11.1 Å². The van der Waals surface area contributed by atoms with Crippen LogP contribution in [0, 0.1) is 5.92 Å². The van der Waals surface area contributed by atoms with Gasteiger partial charge in [-0.25, -0.2) is 0 Å². The molecule has 0 spiro atoms. The number of unbranched alkanes of at least 4 members (excludes halogenated alkanes) is 9. The van der Waals surface area contributed by atoms with Crippen LogP contribution >= 0.6 is 0 Å². The normalized spacial score (nSPS) is 12.2. The third-order valence-electron chi connectivity index (χ3n) is 4.78. The molecular formula is C22H36O2. The molecule has 1 rings (SSSR count). The number of aryl methyl sites for hydroxylation is 1. The maximum atomic E-state index is 10.6. The van der Waals surface area contributed by atoms with Gasteiger partial charge in [0.2, 0.25) is 0 Å². The first-order valence-corrected chi connectivity index (χ1v) is 9.94. The summed E-state index contributed by atoms with van der Waals surface area (Å²) in [6.45, 7) is 2.05. The van der Waals surface area contributed by atoms with Gasteiger partial charge in [0.05, 0.1) is 0 Å². The third-order valence-corrected chi connectivity index (χ3v) is 4.78. The van der Waals surface area contributed by atoms with Crippen LogP contribution in [-0.2, 0) is 11.2 Å². The summed E-state index contributed by atoms with van der Waals surface area (Å²) in [5, 5.41) is 8.72. The average molecular weight is 333 g/mol. The number of hydrogen-bond donors (Lipinski definition) is 1. The number of benzene rings is 1. The summed E-state index contributed by atoms with van der Waals surface area (Å²) < 4.78 is 0. The number of aliphatic carboxylic acids is 1. The second-order valence-electron chi connectivity index (χ2n) is 7.26. The van der Waals surface area contributed by atoms with Gasteiger partial charge < -0.3 is 5.11 Å². The fourth-order valence-electron chi connectivity index (χ4n) is 3.28. The topological polar surface area (TPSA) is 37.3 Å². The molecule has 0 saturated heterocycles. The predicted molar refractivity (Wildman–Crippen MR) is 102 cm³/mol. The molecule has 1 N–H and O–H groups in total. The van der Waals surface area contributed by atoms with E-state index in [0.717, 1.165) is 6.42 Å². The lowest BCUT2D eigenvalue weighted by atomic mass is 9.99. The highest BCUT2D eigenvalue weighted by molar-refractivity contribution is 5.66. The lowest BCUT2D eigenvalue weighted by molar-refractivity contribution is -0.138. The highest BCUT2D eigenvalue weighted by Crippen LogP contribution is 2.16. The second kappa shape index (κ2) is 14.1. The maximum Gasteiger partial charge on any atom is 0.303 e. The molecule has 0 bridgehead atoms. The van der Waals surface area contributed by atoms with Crippen molar-refractivity contribution in [2.24, 2.45) is 5.92 Å². The number of carboxylic acids is 1. The van der Waals surface area contributed by atoms with E-state index in [2.05, 4.69) is 30.3 Å². The van der Waals surface area contributed by atoms with Crippen LogP contribution < -0.4 is 0 Å². The highest BCUT2D eigenvalue weighted by atomic mass is 16.4. The van der Waals surface area contributed by atoms with Crippen LogP contribution in [0.1, 0.15) is 89.5 Å². The third kappa shape index (κ3) is 12.2. The zero-order chi connectivity index (χ0) is 17.5. The van der Waals surface area contributed by atoms with Crippen molar-refractivity contribution in [1.29, 1.82) is 0 Å². The van der Waals surface area contributed by atoms with E-state index in [1.54, 1.807) is 0 Å². The quantitative estimate of drug-likeness (QED) is 0.366. The van der Waals surface area contributed by atoms with Crippen LogP contribution in [0.25, 0.3) is 0 Å². The molecule has 0 aliphatic carbocycles. The van der Waals surface area contributed by atoms with E-state index in [-0.39, 0.29) is 0 Å². The summed E-state index contributed by atoms with van der Waals surface area (Å²) in [4.78, 5) is 10.6. The molecule has 1 atom stereocenters. The Morgan fingerprint density at radius 2 is 1.33 bits per heavy atom. The van der Waals surface area contributed by atoms with Crippen molar-refractivity contribution in [2.45, 2.75) is 90.4 Å². The highest BCUT2D eigenvalue weighted by Gasteiger charge is 2.06. The summed E-state index contributed by atoms with van der Waals surface area (Å²) in [6, 6.07) is 10.8. The maximum absolute atomic E-state index is 10.6. The summed E-state index contributed by atoms with van der Waals surface area (Å²) in [5.74, 6) is -0.329. The van der Waals surface area contributed by atoms with Crippen molar-refractivity contribution in [3.05, 3.63) is 35.9 Å². The molecule has 0 aromatic heterocycles. The Hall–Kier alpha value is -1.31. The van der Waals surface area contributed by atoms with E-state index in [1.807, 2.05) is 6.92 Å². The largest absolute Gasteiger partial charge is 0.481 e. The van der Waals surface area contributed by atoms with E-state index in [4.69, 9.17) is 5.11 Å². The summed E-state index contributed by atoms with van der Waals surface area (Å²) >= 11 is 0. The van der Waals surface area contributed by atoms with Crippen molar-refractivity contribution in [1.82, 2.24) is 0 Å². The number of carboxylic acid groups (broad SMARTS) is 1. The molecule has 2 heteroatoms. The number of rotatable bonds is 15. The van der Waals surface area contributed by atoms with Crippen molar-refractivity contribution < 1.29 is 9.90 Å². The Morgan fingerprint density at radius 3 is 1.88 bits per heavy atom. The molecule has 0 fully saturated rings. The van der Waals surface area contributed by atoms with Gasteiger partial charge in [-0.15, -0.1) is 0 Å². The molecule has 0 aliphatic rings. The number of carbonyl (C=O) groups is 1. The van der Waals surface area contributed by atoms with Crippen LogP contribution in [0.15, 0.2) is 30.3 Å². The molecule has 1 aromatic carbocycles. The molecule has 1 aromatic rings. The van der Waals surface area contributed by atoms with Crippen LogP contribution in [0.5, 0.6) is 0 Å². The standard InChI is InChI=1S/C22H36O2/c1-20(19-22(23)24)15-11-8-6-4-2-3-5-7-9-12-16-21-17-13-10-14-18-21/h10,13-14,17-18,20H,2-9,11-12,15-16,19H2,1H3,(H,23,24)/t20-/m0/s1. The lowest BCUT2D eigenvalue weighted by Crippen LogP contribution is -2.03. The second-order valence-corrected chi connectivity index (χ2v) is 7.26. The van der Waals surface area contributed by atoms with Gasteiger partial charge in [0.15, 0.2) is 0 Å². The zero-order valence-corrected chi connectivity index (χ0v) is 15.5. The van der Waals surface area contributed by atoms with E-state index in [1.165, 1.54) is 76.2 Å². The smallest absolute Gasteiger partial charge is 0.303 e. The Labute approximate surface area is 148 Å². The van der Waals surface area contributed by atoms with Crippen molar-refractivity contribution in [3.8, 4) is 0 Å². The molecule has 24 heavy (non-hydrogen) atoms. The Morgan fingerprint density at radius 1 is 0.833 bits per heavy atom. The van der Waals surface area contributed by atoms with Gasteiger partial charge in [-0.3, -0.25) is 4.79 Å². The van der Waals surface area contributed by atoms with Crippen molar-refractivity contribution >= 4 is 5.97 Å². The lowest BCUT2D eigenvalue weighted by Gasteiger charge is -2.08. The Bertz CT molecular complexity index is 413. The minimum absolute atomic E-state index is 0.324. The fourth-order valence-corrected chi connectivity index (χ4v) is 3.28. The summed E-state index contributed by atoms with van der Waals surface area (Å²) in [5.41, 5.74) is 1.47. The monoisotopic (exact) mass is 332 g/mol. The first-order valence-electron chi connectivity index (χ1n) is 9.94. The van der Waals surface area contributed by atoms with Gasteiger partial charge in [-0.05, 0) is 24.3 Å². The first kappa shape index (κ1) is 20.7. The molecule has 0 aliphatic heterocycles. The molecule has 136 valence electrons. The summed E-state index contributed by atoms with van der Waals surface area (Å²) in [6.07, 6.45) is 15.9. The minimum Gasteiger partial charge on any atom is -0.481 e. The molecule has 0 heterocycles. The molecule has 0 amide bonds. The van der Waals surface area contributed by atoms with E-state index < -0.39 is 5.97 Å². The Kier molecular flexibility index (Phi) is 12.2. The SMILES string of the molecule is C[C@@H](CCCCCCCCCCCCc1ccccc1)CC(=O)O. The zero-order valence-electron chi connectivity index (χ0n) is 15.5. The van der Waals surface area contributed by atoms with E-state index in [9.17, 15) is 4.79 Å². The van der Waals surface area contributed by atoms with E-state index in [0.29, 0.717) is 12.3 Å². The number of hydrogen-bond acceptors (Lipinski definition) is 1. The van der Waals surface area contributed by atoms with Crippen LogP contribution in [0.4, 0.5) is 0 Å². The van der Waals surface area contributed by atoms with Crippen LogP contribution in [0.3, 0.4) is 0 Å². The molecule has 0 saturated carbocycles. The van der Waals surface area contributed by atoms with Gasteiger partial charge in [0.1, 0.15) is 0 Å². The van der Waals surface area contributed by atoms with E-state index >= 15 is 0 Å². The molecule has 0 unspecified atom stereocenters. The Balaban J connectivity index is 1.78. The average Bonchev–Trinajstić information content (AvgIpc) is 2.56. The minimum atomic E-state index is -0.661. The predicted octanol–water partition coefficient (Wildman–Crippen LogP) is 6.63. The van der Waals surface area contributed by atoms with Crippen molar-refractivity contribution in [3.63, 3.8) is 0 Å². The molecular weight excluding hydrogens is 296 g/mol. The van der Waals surface area contributed by atoms with Gasteiger partial charge in [-0.1, -0.05) is 101 Å². The molecule has 2 nitrogen and oxygen atoms in total. The summed E-state index contributed by atoms with van der Waals surface area (Å²) in [7, 11) is 0.